The Morgan fingerprint density at radius 1 is 0.862 bits per heavy atom. The molecule has 0 radical (unpaired) electrons. The maximum absolute atomic E-state index is 12.4. The summed E-state index contributed by atoms with van der Waals surface area (Å²) in [5.74, 6) is 0.545. The van der Waals surface area contributed by atoms with Gasteiger partial charge in [-0.15, -0.1) is 0 Å². The molecule has 6 nitrogen and oxygen atoms in total. The van der Waals surface area contributed by atoms with Crippen LogP contribution in [-0.4, -0.2) is 26.5 Å². The Morgan fingerprint density at radius 2 is 1.66 bits per heavy atom. The van der Waals surface area contributed by atoms with E-state index in [9.17, 15) is 4.79 Å². The van der Waals surface area contributed by atoms with Gasteiger partial charge in [0.1, 0.15) is 0 Å². The van der Waals surface area contributed by atoms with Crippen LogP contribution in [0.2, 0.25) is 0 Å². The fourth-order valence-corrected chi connectivity index (χ4v) is 3.15. The predicted octanol–water partition coefficient (Wildman–Crippen LogP) is 3.48. The minimum atomic E-state index is -0.183. The normalized spacial score (nSPS) is 10.6. The van der Waals surface area contributed by atoms with Gasteiger partial charge in [0.2, 0.25) is 5.95 Å². The molecule has 0 aliphatic carbocycles. The molecule has 0 bridgehead atoms. The number of aromatic amines is 1. The molecule has 1 aromatic carbocycles. The van der Waals surface area contributed by atoms with Gasteiger partial charge in [-0.2, -0.15) is 0 Å². The first-order valence-corrected chi connectivity index (χ1v) is 9.47. The van der Waals surface area contributed by atoms with Crippen LogP contribution in [0.3, 0.4) is 0 Å². The Bertz CT molecular complexity index is 1100. The third-order valence-corrected chi connectivity index (χ3v) is 4.61. The quantitative estimate of drug-likeness (QED) is 0.529. The topological polar surface area (TPSA) is 74.8 Å². The van der Waals surface area contributed by atoms with Gasteiger partial charge in [0.25, 0.3) is 5.56 Å². The number of nitrogens with one attached hydrogen (secondary N) is 1. The predicted molar refractivity (Wildman–Crippen MR) is 114 cm³/mol. The highest BCUT2D eigenvalue weighted by atomic mass is 16.1. The molecular formula is C23H21N5O. The van der Waals surface area contributed by atoms with E-state index in [1.807, 2.05) is 48.7 Å². The van der Waals surface area contributed by atoms with Gasteiger partial charge < -0.3 is 4.90 Å². The van der Waals surface area contributed by atoms with Crippen molar-refractivity contribution in [3.05, 3.63) is 107 Å². The van der Waals surface area contributed by atoms with Crippen LogP contribution in [0.1, 0.15) is 11.1 Å². The highest BCUT2D eigenvalue weighted by Gasteiger charge is 2.13. The molecule has 0 amide bonds. The lowest BCUT2D eigenvalue weighted by molar-refractivity contribution is 0.747. The van der Waals surface area contributed by atoms with E-state index in [0.29, 0.717) is 24.7 Å². The Morgan fingerprint density at radius 3 is 2.41 bits per heavy atom. The van der Waals surface area contributed by atoms with E-state index in [2.05, 4.69) is 32.0 Å². The Balaban J connectivity index is 1.66. The summed E-state index contributed by atoms with van der Waals surface area (Å²) in [6.07, 6.45) is 7.81. The van der Waals surface area contributed by atoms with Gasteiger partial charge in [0, 0.05) is 49.5 Å². The molecule has 3 aromatic heterocycles. The van der Waals surface area contributed by atoms with E-state index in [1.54, 1.807) is 18.6 Å². The lowest BCUT2D eigenvalue weighted by atomic mass is 10.1. The third kappa shape index (κ3) is 4.93. The molecule has 0 fully saturated rings. The van der Waals surface area contributed by atoms with E-state index in [4.69, 9.17) is 4.98 Å². The zero-order chi connectivity index (χ0) is 19.9. The molecule has 4 aromatic rings. The van der Waals surface area contributed by atoms with Crippen molar-refractivity contribution >= 4 is 5.95 Å². The van der Waals surface area contributed by atoms with Crippen LogP contribution in [-0.2, 0) is 13.0 Å². The molecule has 6 heteroatoms. The Hall–Kier alpha value is -3.80. The van der Waals surface area contributed by atoms with Gasteiger partial charge in [-0.05, 0) is 35.7 Å². The SMILES string of the molecule is O=c1cc(-c2ccncc2)nc(N(CCc2ccccc2)Cc2cccnc2)[nH]1. The Labute approximate surface area is 168 Å². The van der Waals surface area contributed by atoms with Gasteiger partial charge in [-0.25, -0.2) is 4.98 Å². The van der Waals surface area contributed by atoms with Crippen LogP contribution in [0.4, 0.5) is 5.95 Å². The number of rotatable bonds is 7. The molecule has 3 heterocycles. The summed E-state index contributed by atoms with van der Waals surface area (Å²) in [7, 11) is 0. The highest BCUT2D eigenvalue weighted by Crippen LogP contribution is 2.18. The van der Waals surface area contributed by atoms with Crippen molar-refractivity contribution in [2.45, 2.75) is 13.0 Å². The summed E-state index contributed by atoms with van der Waals surface area (Å²) < 4.78 is 0. The number of hydrogen-bond acceptors (Lipinski definition) is 5. The number of benzene rings is 1. The molecule has 144 valence electrons. The molecule has 1 N–H and O–H groups in total. The van der Waals surface area contributed by atoms with Crippen LogP contribution < -0.4 is 10.5 Å². The maximum Gasteiger partial charge on any atom is 0.252 e. The summed E-state index contributed by atoms with van der Waals surface area (Å²) in [6, 6.07) is 19.4. The fraction of sp³-hybridized carbons (Fsp3) is 0.130. The standard InChI is InChI=1S/C23H21N5O/c29-22-15-21(20-8-12-24-13-9-20)26-23(27-22)28(17-19-7-4-11-25-16-19)14-10-18-5-2-1-3-6-18/h1-9,11-13,15-16H,10,14,17H2,(H,26,27,29). The van der Waals surface area contributed by atoms with Crippen molar-refractivity contribution < 1.29 is 0 Å². The monoisotopic (exact) mass is 383 g/mol. The molecule has 0 atom stereocenters. The highest BCUT2D eigenvalue weighted by molar-refractivity contribution is 5.59. The van der Waals surface area contributed by atoms with E-state index < -0.39 is 0 Å². The fourth-order valence-electron chi connectivity index (χ4n) is 3.15. The summed E-state index contributed by atoms with van der Waals surface area (Å²) in [5.41, 5.74) is 3.59. The van der Waals surface area contributed by atoms with Crippen molar-refractivity contribution in [3.8, 4) is 11.3 Å². The van der Waals surface area contributed by atoms with Gasteiger partial charge in [-0.1, -0.05) is 36.4 Å². The van der Waals surface area contributed by atoms with Crippen LogP contribution >= 0.6 is 0 Å². The van der Waals surface area contributed by atoms with Crippen molar-refractivity contribution in [2.24, 2.45) is 0 Å². The van der Waals surface area contributed by atoms with E-state index in [0.717, 1.165) is 17.5 Å². The van der Waals surface area contributed by atoms with Crippen molar-refractivity contribution in [2.75, 3.05) is 11.4 Å². The van der Waals surface area contributed by atoms with Gasteiger partial charge >= 0.3 is 0 Å². The van der Waals surface area contributed by atoms with Gasteiger partial charge in [0.15, 0.2) is 0 Å². The second-order valence-corrected chi connectivity index (χ2v) is 6.71. The molecule has 0 saturated carbocycles. The zero-order valence-corrected chi connectivity index (χ0v) is 15.9. The van der Waals surface area contributed by atoms with Gasteiger partial charge in [0.05, 0.1) is 5.69 Å². The van der Waals surface area contributed by atoms with Crippen molar-refractivity contribution in [1.82, 2.24) is 19.9 Å². The van der Waals surface area contributed by atoms with E-state index in [-0.39, 0.29) is 5.56 Å². The molecule has 0 spiro atoms. The summed E-state index contributed by atoms with van der Waals surface area (Å²) in [5, 5.41) is 0. The van der Waals surface area contributed by atoms with E-state index in [1.165, 1.54) is 11.6 Å². The average Bonchev–Trinajstić information content (AvgIpc) is 2.78. The zero-order valence-electron chi connectivity index (χ0n) is 15.9. The summed E-state index contributed by atoms with van der Waals surface area (Å²) >= 11 is 0. The molecule has 29 heavy (non-hydrogen) atoms. The smallest absolute Gasteiger partial charge is 0.252 e. The van der Waals surface area contributed by atoms with Crippen LogP contribution in [0.25, 0.3) is 11.3 Å². The maximum atomic E-state index is 12.4. The average molecular weight is 383 g/mol. The second kappa shape index (κ2) is 8.93. The van der Waals surface area contributed by atoms with Crippen molar-refractivity contribution in [1.29, 1.82) is 0 Å². The van der Waals surface area contributed by atoms with Crippen LogP contribution in [0.15, 0.2) is 90.2 Å². The number of nitrogens with zero attached hydrogens (tertiary/aromatic N) is 4. The van der Waals surface area contributed by atoms with Crippen LogP contribution in [0, 0.1) is 0 Å². The van der Waals surface area contributed by atoms with Crippen LogP contribution in [0.5, 0.6) is 0 Å². The lowest BCUT2D eigenvalue weighted by Crippen LogP contribution is -2.29. The molecule has 0 aliphatic rings. The summed E-state index contributed by atoms with van der Waals surface area (Å²) in [4.78, 5) is 30.3. The Kier molecular flexibility index (Phi) is 5.71. The first-order valence-electron chi connectivity index (χ1n) is 9.47. The second-order valence-electron chi connectivity index (χ2n) is 6.71. The van der Waals surface area contributed by atoms with E-state index >= 15 is 0 Å². The summed E-state index contributed by atoms with van der Waals surface area (Å²) in [6.45, 7) is 1.31. The first-order chi connectivity index (χ1) is 14.3. The molecule has 0 aliphatic heterocycles. The minimum absolute atomic E-state index is 0.183. The molecule has 0 saturated heterocycles. The van der Waals surface area contributed by atoms with Crippen molar-refractivity contribution in [3.63, 3.8) is 0 Å². The molecular weight excluding hydrogens is 362 g/mol. The molecule has 4 rings (SSSR count). The molecule has 0 unspecified atom stereocenters. The van der Waals surface area contributed by atoms with Gasteiger partial charge in [-0.3, -0.25) is 19.7 Å². The number of H-pyrrole nitrogens is 1. The minimum Gasteiger partial charge on any atom is -0.338 e. The first kappa shape index (κ1) is 18.6. The number of hydrogen-bond donors (Lipinski definition) is 1. The lowest BCUT2D eigenvalue weighted by Gasteiger charge is -2.23. The number of pyridine rings is 2. The third-order valence-electron chi connectivity index (χ3n) is 4.61. The largest absolute Gasteiger partial charge is 0.338 e. The number of aromatic nitrogens is 4. The number of anilines is 1.